The lowest BCUT2D eigenvalue weighted by molar-refractivity contribution is -0.142. The van der Waals surface area contributed by atoms with Crippen LogP contribution in [0.3, 0.4) is 0 Å². The van der Waals surface area contributed by atoms with Crippen molar-refractivity contribution in [3.63, 3.8) is 0 Å². The molecule has 1 aliphatic heterocycles. The molecule has 0 bridgehead atoms. The number of hydrogen-bond acceptors (Lipinski definition) is 3. The molecule has 0 aliphatic carbocycles. The highest BCUT2D eigenvalue weighted by Crippen LogP contribution is 2.30. The molecular formula is C20H32N2O2. The minimum Gasteiger partial charge on any atom is -0.480 e. The van der Waals surface area contributed by atoms with E-state index in [1.807, 2.05) is 30.0 Å². The summed E-state index contributed by atoms with van der Waals surface area (Å²) in [6.45, 7) is 12.0. The van der Waals surface area contributed by atoms with Crippen LogP contribution >= 0.6 is 0 Å². The molecule has 0 saturated carbocycles. The van der Waals surface area contributed by atoms with Crippen molar-refractivity contribution < 1.29 is 9.53 Å². The zero-order chi connectivity index (χ0) is 17.9. The van der Waals surface area contributed by atoms with Crippen molar-refractivity contribution >= 4 is 5.91 Å². The maximum atomic E-state index is 13.0. The van der Waals surface area contributed by atoms with Gasteiger partial charge in [0.15, 0.2) is 6.10 Å². The van der Waals surface area contributed by atoms with Gasteiger partial charge in [0.25, 0.3) is 5.91 Å². The third-order valence-electron chi connectivity index (χ3n) is 5.08. The van der Waals surface area contributed by atoms with Crippen molar-refractivity contribution in [2.75, 3.05) is 13.1 Å². The van der Waals surface area contributed by atoms with Gasteiger partial charge in [-0.2, -0.15) is 0 Å². The Kier molecular flexibility index (Phi) is 5.92. The molecule has 4 nitrogen and oxygen atoms in total. The summed E-state index contributed by atoms with van der Waals surface area (Å²) < 4.78 is 6.14. The average molecular weight is 332 g/mol. The summed E-state index contributed by atoms with van der Waals surface area (Å²) in [4.78, 5) is 14.9. The first-order valence-corrected chi connectivity index (χ1v) is 9.06. The van der Waals surface area contributed by atoms with Crippen molar-refractivity contribution in [2.45, 2.75) is 65.5 Å². The molecule has 1 fully saturated rings. The Balaban J connectivity index is 2.13. The number of carbonyl (C=O) groups excluding carboxylic acids is 1. The fourth-order valence-electron chi connectivity index (χ4n) is 3.29. The van der Waals surface area contributed by atoms with Crippen LogP contribution in [0, 0.1) is 5.41 Å². The zero-order valence-corrected chi connectivity index (χ0v) is 15.7. The Morgan fingerprint density at radius 3 is 2.62 bits per heavy atom. The molecule has 1 amide bonds. The van der Waals surface area contributed by atoms with E-state index in [-0.39, 0.29) is 17.4 Å². The van der Waals surface area contributed by atoms with Crippen LogP contribution in [0.4, 0.5) is 0 Å². The van der Waals surface area contributed by atoms with Crippen molar-refractivity contribution in [1.29, 1.82) is 0 Å². The van der Waals surface area contributed by atoms with Gasteiger partial charge in [0.05, 0.1) is 0 Å². The van der Waals surface area contributed by atoms with Crippen molar-refractivity contribution in [1.82, 2.24) is 4.90 Å². The molecule has 1 saturated heterocycles. The maximum absolute atomic E-state index is 13.0. The first kappa shape index (κ1) is 18.8. The van der Waals surface area contributed by atoms with Gasteiger partial charge in [-0.3, -0.25) is 4.79 Å². The summed E-state index contributed by atoms with van der Waals surface area (Å²) in [5, 5.41) is 0. The third-order valence-corrected chi connectivity index (χ3v) is 5.08. The number of benzene rings is 1. The highest BCUT2D eigenvalue weighted by atomic mass is 16.5. The lowest BCUT2D eigenvalue weighted by Crippen LogP contribution is -2.56. The topological polar surface area (TPSA) is 55.6 Å². The molecule has 2 N–H and O–H groups in total. The number of piperidine rings is 1. The second-order valence-corrected chi connectivity index (χ2v) is 7.85. The standard InChI is InChI=1S/C20H32N2O2/c1-6-16(24-17-10-8-7-9-15(17)14(2)3)19(23)22-12-11-18(21)20(4,5)13-22/h7-10,14,16,18H,6,11-13,21H2,1-5H3. The predicted octanol–water partition coefficient (Wildman–Crippen LogP) is 3.55. The summed E-state index contributed by atoms with van der Waals surface area (Å²) in [7, 11) is 0. The summed E-state index contributed by atoms with van der Waals surface area (Å²) in [5.41, 5.74) is 7.28. The molecule has 1 aromatic rings. The summed E-state index contributed by atoms with van der Waals surface area (Å²) >= 11 is 0. The van der Waals surface area contributed by atoms with Crippen LogP contribution in [0.25, 0.3) is 0 Å². The van der Waals surface area contributed by atoms with E-state index < -0.39 is 6.10 Å². The molecule has 1 aliphatic rings. The zero-order valence-electron chi connectivity index (χ0n) is 15.7. The van der Waals surface area contributed by atoms with Gasteiger partial charge in [0.2, 0.25) is 0 Å². The minimum atomic E-state index is -0.435. The lowest BCUT2D eigenvalue weighted by Gasteiger charge is -2.43. The van der Waals surface area contributed by atoms with E-state index in [1.54, 1.807) is 0 Å². The smallest absolute Gasteiger partial charge is 0.263 e. The molecule has 4 heteroatoms. The van der Waals surface area contributed by atoms with Gasteiger partial charge >= 0.3 is 0 Å². The van der Waals surface area contributed by atoms with Gasteiger partial charge < -0.3 is 15.4 Å². The van der Waals surface area contributed by atoms with E-state index in [0.717, 1.165) is 24.3 Å². The molecule has 134 valence electrons. The van der Waals surface area contributed by atoms with Gasteiger partial charge in [-0.05, 0) is 35.8 Å². The van der Waals surface area contributed by atoms with E-state index in [0.29, 0.717) is 18.9 Å². The van der Waals surface area contributed by atoms with Crippen molar-refractivity contribution in [3.8, 4) is 5.75 Å². The largest absolute Gasteiger partial charge is 0.480 e. The normalized spacial score (nSPS) is 21.6. The third kappa shape index (κ3) is 4.10. The fourth-order valence-corrected chi connectivity index (χ4v) is 3.29. The van der Waals surface area contributed by atoms with E-state index in [9.17, 15) is 4.79 Å². The Morgan fingerprint density at radius 2 is 2.04 bits per heavy atom. The number of amides is 1. The van der Waals surface area contributed by atoms with Crippen LogP contribution in [0.1, 0.15) is 58.9 Å². The van der Waals surface area contributed by atoms with E-state index in [1.165, 1.54) is 0 Å². The average Bonchev–Trinajstić information content (AvgIpc) is 2.54. The monoisotopic (exact) mass is 332 g/mol. The number of para-hydroxylation sites is 1. The van der Waals surface area contributed by atoms with Gasteiger partial charge in [-0.25, -0.2) is 0 Å². The maximum Gasteiger partial charge on any atom is 0.263 e. The summed E-state index contributed by atoms with van der Waals surface area (Å²) in [6, 6.07) is 8.15. The molecule has 0 radical (unpaired) electrons. The van der Waals surface area contributed by atoms with Gasteiger partial charge in [0.1, 0.15) is 5.75 Å². The van der Waals surface area contributed by atoms with E-state index in [2.05, 4.69) is 33.8 Å². The molecule has 2 unspecified atom stereocenters. The van der Waals surface area contributed by atoms with Gasteiger partial charge in [-0.1, -0.05) is 52.8 Å². The first-order chi connectivity index (χ1) is 11.3. The second kappa shape index (κ2) is 7.56. The molecule has 24 heavy (non-hydrogen) atoms. The predicted molar refractivity (Wildman–Crippen MR) is 98.2 cm³/mol. The highest BCUT2D eigenvalue weighted by Gasteiger charge is 2.37. The van der Waals surface area contributed by atoms with Crippen LogP contribution in [0.2, 0.25) is 0 Å². The van der Waals surface area contributed by atoms with Crippen LogP contribution < -0.4 is 10.5 Å². The molecule has 1 aromatic carbocycles. The number of nitrogens with zero attached hydrogens (tertiary/aromatic N) is 1. The summed E-state index contributed by atoms with van der Waals surface area (Å²) in [6.07, 6.45) is 1.07. The first-order valence-electron chi connectivity index (χ1n) is 9.06. The van der Waals surface area contributed by atoms with Gasteiger partial charge in [-0.15, -0.1) is 0 Å². The number of nitrogens with two attached hydrogens (primary N) is 1. The number of likely N-dealkylation sites (tertiary alicyclic amines) is 1. The van der Waals surface area contributed by atoms with Crippen molar-refractivity contribution in [3.05, 3.63) is 29.8 Å². The van der Waals surface area contributed by atoms with Crippen molar-refractivity contribution in [2.24, 2.45) is 11.1 Å². The molecule has 1 heterocycles. The fraction of sp³-hybridized carbons (Fsp3) is 0.650. The molecule has 0 aromatic heterocycles. The van der Waals surface area contributed by atoms with Crippen LogP contribution in [0.15, 0.2) is 24.3 Å². The van der Waals surface area contributed by atoms with Crippen LogP contribution in [0.5, 0.6) is 5.75 Å². The highest BCUT2D eigenvalue weighted by molar-refractivity contribution is 5.81. The second-order valence-electron chi connectivity index (χ2n) is 7.85. The van der Waals surface area contributed by atoms with Gasteiger partial charge in [0, 0.05) is 19.1 Å². The molecule has 2 atom stereocenters. The number of hydrogen-bond donors (Lipinski definition) is 1. The number of rotatable bonds is 5. The molecule has 2 rings (SSSR count). The van der Waals surface area contributed by atoms with Crippen LogP contribution in [-0.2, 0) is 4.79 Å². The van der Waals surface area contributed by atoms with E-state index in [4.69, 9.17) is 10.5 Å². The Labute approximate surface area is 146 Å². The molecule has 0 spiro atoms. The number of carbonyl (C=O) groups is 1. The Morgan fingerprint density at radius 1 is 1.38 bits per heavy atom. The summed E-state index contributed by atoms with van der Waals surface area (Å²) in [5.74, 6) is 1.26. The Bertz CT molecular complexity index is 569. The minimum absolute atomic E-state index is 0.0535. The lowest BCUT2D eigenvalue weighted by atomic mass is 9.79. The van der Waals surface area contributed by atoms with Crippen LogP contribution in [-0.4, -0.2) is 36.0 Å². The SMILES string of the molecule is CCC(Oc1ccccc1C(C)C)C(=O)N1CCC(N)C(C)(C)C1. The van der Waals surface area contributed by atoms with E-state index >= 15 is 0 Å². The molecular weight excluding hydrogens is 300 g/mol. The Hall–Kier alpha value is -1.55. The quantitative estimate of drug-likeness (QED) is 0.897. The number of ether oxygens (including phenoxy) is 1.